The molecular weight excluding hydrogens is 242 g/mol. The molecule has 1 aromatic rings. The number of amides is 1. The van der Waals surface area contributed by atoms with Crippen molar-refractivity contribution < 1.29 is 14.6 Å². The van der Waals surface area contributed by atoms with Crippen LogP contribution in [0.15, 0.2) is 24.3 Å². The second-order valence-electron chi connectivity index (χ2n) is 4.95. The SMILES string of the molecule is COc1ccccc1CCC(=O)N1CCC[C@H](O)C1. The summed E-state index contributed by atoms with van der Waals surface area (Å²) < 4.78 is 5.28. The standard InChI is InChI=1S/C15H21NO3/c1-19-14-7-3-2-5-12(14)8-9-15(18)16-10-4-6-13(17)11-16/h2-3,5,7,13,17H,4,6,8-11H2,1H3/t13-/m0/s1. The Morgan fingerprint density at radius 3 is 3.00 bits per heavy atom. The number of hydrogen-bond acceptors (Lipinski definition) is 3. The number of rotatable bonds is 4. The van der Waals surface area contributed by atoms with Crippen LogP contribution in [-0.2, 0) is 11.2 Å². The molecule has 1 aliphatic heterocycles. The summed E-state index contributed by atoms with van der Waals surface area (Å²) in [4.78, 5) is 13.9. The molecule has 0 radical (unpaired) electrons. The van der Waals surface area contributed by atoms with Gasteiger partial charge in [0.2, 0.25) is 5.91 Å². The van der Waals surface area contributed by atoms with E-state index in [2.05, 4.69) is 0 Å². The van der Waals surface area contributed by atoms with Gasteiger partial charge in [0.15, 0.2) is 0 Å². The van der Waals surface area contributed by atoms with Gasteiger partial charge in [0.1, 0.15) is 5.75 Å². The zero-order chi connectivity index (χ0) is 13.7. The molecule has 1 aromatic carbocycles. The van der Waals surface area contributed by atoms with Gasteiger partial charge in [-0.25, -0.2) is 0 Å². The number of β-amino-alcohol motifs (C(OH)–C–C–N with tert-alkyl or cyclic N) is 1. The molecule has 0 spiro atoms. The Morgan fingerprint density at radius 1 is 1.47 bits per heavy atom. The highest BCUT2D eigenvalue weighted by molar-refractivity contribution is 5.76. The van der Waals surface area contributed by atoms with Crippen molar-refractivity contribution in [1.82, 2.24) is 4.90 Å². The summed E-state index contributed by atoms with van der Waals surface area (Å²) >= 11 is 0. The van der Waals surface area contributed by atoms with Crippen LogP contribution in [0.4, 0.5) is 0 Å². The fourth-order valence-electron chi connectivity index (χ4n) is 2.49. The van der Waals surface area contributed by atoms with E-state index in [9.17, 15) is 9.90 Å². The van der Waals surface area contributed by atoms with E-state index in [1.54, 1.807) is 12.0 Å². The Labute approximate surface area is 114 Å². The number of ether oxygens (including phenoxy) is 1. The molecule has 19 heavy (non-hydrogen) atoms. The van der Waals surface area contributed by atoms with Gasteiger partial charge in [-0.15, -0.1) is 0 Å². The van der Waals surface area contributed by atoms with Gasteiger partial charge in [0.05, 0.1) is 13.2 Å². The highest BCUT2D eigenvalue weighted by Gasteiger charge is 2.21. The van der Waals surface area contributed by atoms with Crippen molar-refractivity contribution >= 4 is 5.91 Å². The normalized spacial score (nSPS) is 19.3. The van der Waals surface area contributed by atoms with E-state index in [0.717, 1.165) is 30.7 Å². The lowest BCUT2D eigenvalue weighted by atomic mass is 10.1. The maximum atomic E-state index is 12.1. The quantitative estimate of drug-likeness (QED) is 0.898. The molecule has 1 N–H and O–H groups in total. The number of benzene rings is 1. The number of aliphatic hydroxyl groups excluding tert-OH is 1. The number of nitrogens with zero attached hydrogens (tertiary/aromatic N) is 1. The van der Waals surface area contributed by atoms with Crippen molar-refractivity contribution in [2.75, 3.05) is 20.2 Å². The van der Waals surface area contributed by atoms with Crippen LogP contribution in [-0.4, -0.2) is 42.2 Å². The van der Waals surface area contributed by atoms with Crippen molar-refractivity contribution in [2.45, 2.75) is 31.8 Å². The van der Waals surface area contributed by atoms with E-state index >= 15 is 0 Å². The fourth-order valence-corrected chi connectivity index (χ4v) is 2.49. The van der Waals surface area contributed by atoms with E-state index in [-0.39, 0.29) is 12.0 Å². The largest absolute Gasteiger partial charge is 0.496 e. The maximum Gasteiger partial charge on any atom is 0.222 e. The zero-order valence-corrected chi connectivity index (χ0v) is 11.3. The van der Waals surface area contributed by atoms with Crippen LogP contribution in [0.25, 0.3) is 0 Å². The Kier molecular flexibility index (Phi) is 4.80. The number of piperidine rings is 1. The first-order valence-electron chi connectivity index (χ1n) is 6.78. The van der Waals surface area contributed by atoms with E-state index in [1.165, 1.54) is 0 Å². The molecule has 0 aliphatic carbocycles. The molecule has 2 rings (SSSR count). The van der Waals surface area contributed by atoms with Gasteiger partial charge < -0.3 is 14.7 Å². The van der Waals surface area contributed by atoms with Gasteiger partial charge in [-0.2, -0.15) is 0 Å². The molecule has 0 unspecified atom stereocenters. The van der Waals surface area contributed by atoms with Crippen LogP contribution in [0.2, 0.25) is 0 Å². The molecule has 1 saturated heterocycles. The summed E-state index contributed by atoms with van der Waals surface area (Å²) in [6.07, 6.45) is 2.48. The Balaban J connectivity index is 1.89. The van der Waals surface area contributed by atoms with Gasteiger partial charge in [0.25, 0.3) is 0 Å². The molecule has 0 aromatic heterocycles. The Hall–Kier alpha value is -1.55. The van der Waals surface area contributed by atoms with Crippen LogP contribution < -0.4 is 4.74 Å². The van der Waals surface area contributed by atoms with Crippen molar-refractivity contribution in [2.24, 2.45) is 0 Å². The van der Waals surface area contributed by atoms with Crippen LogP contribution >= 0.6 is 0 Å². The first-order chi connectivity index (χ1) is 9.20. The molecule has 1 atom stereocenters. The first-order valence-corrected chi connectivity index (χ1v) is 6.78. The minimum Gasteiger partial charge on any atom is -0.496 e. The third-order valence-corrected chi connectivity index (χ3v) is 3.55. The molecule has 4 heteroatoms. The van der Waals surface area contributed by atoms with Crippen molar-refractivity contribution in [1.29, 1.82) is 0 Å². The number of methoxy groups -OCH3 is 1. The predicted octanol–water partition coefficient (Wildman–Crippen LogP) is 1.61. The summed E-state index contributed by atoms with van der Waals surface area (Å²) in [6.45, 7) is 1.24. The highest BCUT2D eigenvalue weighted by atomic mass is 16.5. The van der Waals surface area contributed by atoms with Gasteiger partial charge in [-0.3, -0.25) is 4.79 Å². The number of aryl methyl sites for hydroxylation is 1. The molecule has 1 fully saturated rings. The third kappa shape index (κ3) is 3.70. The molecule has 1 aliphatic rings. The van der Waals surface area contributed by atoms with Gasteiger partial charge >= 0.3 is 0 Å². The Bertz CT molecular complexity index is 433. The van der Waals surface area contributed by atoms with E-state index in [4.69, 9.17) is 4.74 Å². The predicted molar refractivity (Wildman–Crippen MR) is 73.1 cm³/mol. The van der Waals surface area contributed by atoms with Gasteiger partial charge in [-0.05, 0) is 30.9 Å². The highest BCUT2D eigenvalue weighted by Crippen LogP contribution is 2.20. The summed E-state index contributed by atoms with van der Waals surface area (Å²) in [6, 6.07) is 7.76. The third-order valence-electron chi connectivity index (χ3n) is 3.55. The van der Waals surface area contributed by atoms with Crippen LogP contribution in [0, 0.1) is 0 Å². The first kappa shape index (κ1) is 13.9. The van der Waals surface area contributed by atoms with E-state index in [1.807, 2.05) is 24.3 Å². The summed E-state index contributed by atoms with van der Waals surface area (Å²) in [5.74, 6) is 0.943. The lowest BCUT2D eigenvalue weighted by Crippen LogP contribution is -2.42. The lowest BCUT2D eigenvalue weighted by Gasteiger charge is -2.30. The number of para-hydroxylation sites is 1. The Morgan fingerprint density at radius 2 is 2.26 bits per heavy atom. The topological polar surface area (TPSA) is 49.8 Å². The zero-order valence-electron chi connectivity index (χ0n) is 11.3. The van der Waals surface area contributed by atoms with Crippen LogP contribution in [0.1, 0.15) is 24.8 Å². The number of likely N-dealkylation sites (tertiary alicyclic amines) is 1. The summed E-state index contributed by atoms with van der Waals surface area (Å²) in [5, 5.41) is 9.58. The second kappa shape index (κ2) is 6.57. The number of carbonyl (C=O) groups is 1. The van der Waals surface area contributed by atoms with Gasteiger partial charge in [-0.1, -0.05) is 18.2 Å². The number of hydrogen-bond donors (Lipinski definition) is 1. The number of carbonyl (C=O) groups excluding carboxylic acids is 1. The van der Waals surface area contributed by atoms with Crippen molar-refractivity contribution in [3.8, 4) is 5.75 Å². The van der Waals surface area contributed by atoms with Crippen LogP contribution in [0.5, 0.6) is 5.75 Å². The maximum absolute atomic E-state index is 12.1. The summed E-state index contributed by atoms with van der Waals surface area (Å²) in [5.41, 5.74) is 1.05. The van der Waals surface area contributed by atoms with Gasteiger partial charge in [0, 0.05) is 19.5 Å². The monoisotopic (exact) mass is 263 g/mol. The molecule has 1 heterocycles. The lowest BCUT2D eigenvalue weighted by molar-refractivity contribution is -0.134. The second-order valence-corrected chi connectivity index (χ2v) is 4.95. The van der Waals surface area contributed by atoms with E-state index in [0.29, 0.717) is 19.4 Å². The minimum atomic E-state index is -0.357. The number of aliphatic hydroxyl groups is 1. The molecular formula is C15H21NO3. The molecule has 1 amide bonds. The fraction of sp³-hybridized carbons (Fsp3) is 0.533. The smallest absolute Gasteiger partial charge is 0.222 e. The van der Waals surface area contributed by atoms with E-state index < -0.39 is 0 Å². The summed E-state index contributed by atoms with van der Waals surface area (Å²) in [7, 11) is 1.64. The minimum absolute atomic E-state index is 0.115. The molecule has 0 bridgehead atoms. The van der Waals surface area contributed by atoms with Crippen LogP contribution in [0.3, 0.4) is 0 Å². The van der Waals surface area contributed by atoms with Crippen molar-refractivity contribution in [3.05, 3.63) is 29.8 Å². The average molecular weight is 263 g/mol. The molecule has 104 valence electrons. The van der Waals surface area contributed by atoms with Crippen molar-refractivity contribution in [3.63, 3.8) is 0 Å². The molecule has 4 nitrogen and oxygen atoms in total. The average Bonchev–Trinajstić information content (AvgIpc) is 2.45. The molecule has 0 saturated carbocycles.